The lowest BCUT2D eigenvalue weighted by Crippen LogP contribution is -2.41. The van der Waals surface area contributed by atoms with Gasteiger partial charge in [-0.3, -0.25) is 4.79 Å². The van der Waals surface area contributed by atoms with Crippen molar-refractivity contribution >= 4 is 33.3 Å². The zero-order chi connectivity index (χ0) is 15.6. The molecule has 2 aromatic rings. The molecule has 21 heavy (non-hydrogen) atoms. The Hall–Kier alpha value is -1.95. The summed E-state index contributed by atoms with van der Waals surface area (Å²) in [4.78, 5) is 23.6. The van der Waals surface area contributed by atoms with Crippen molar-refractivity contribution in [2.24, 2.45) is 5.92 Å². The first kappa shape index (κ1) is 15.4. The van der Waals surface area contributed by atoms with Crippen LogP contribution in [-0.2, 0) is 4.79 Å². The van der Waals surface area contributed by atoms with Crippen LogP contribution < -0.4 is 5.32 Å². The Bertz CT molecular complexity index is 681. The van der Waals surface area contributed by atoms with E-state index in [9.17, 15) is 14.0 Å². The summed E-state index contributed by atoms with van der Waals surface area (Å²) < 4.78 is 14.3. The van der Waals surface area contributed by atoms with Crippen LogP contribution >= 0.6 is 11.3 Å². The van der Waals surface area contributed by atoms with E-state index in [2.05, 4.69) is 5.32 Å². The third-order valence-corrected chi connectivity index (χ3v) is 4.14. The Balaban J connectivity index is 2.21. The van der Waals surface area contributed by atoms with Crippen molar-refractivity contribution in [3.8, 4) is 0 Å². The average Bonchev–Trinajstić information content (AvgIpc) is 2.82. The molecule has 2 rings (SSSR count). The highest BCUT2D eigenvalue weighted by Gasteiger charge is 2.22. The van der Waals surface area contributed by atoms with Crippen LogP contribution in [0.3, 0.4) is 0 Å². The molecule has 0 spiro atoms. The van der Waals surface area contributed by atoms with E-state index in [1.807, 2.05) is 13.8 Å². The van der Waals surface area contributed by atoms with E-state index >= 15 is 0 Å². The number of amides is 1. The number of halogens is 1. The maximum Gasteiger partial charge on any atom is 0.326 e. The highest BCUT2D eigenvalue weighted by atomic mass is 32.1. The molecule has 1 atom stereocenters. The van der Waals surface area contributed by atoms with Gasteiger partial charge in [-0.25, -0.2) is 9.18 Å². The van der Waals surface area contributed by atoms with Crippen LogP contribution in [0, 0.1) is 11.7 Å². The van der Waals surface area contributed by atoms with Crippen LogP contribution in [0.5, 0.6) is 0 Å². The highest BCUT2D eigenvalue weighted by molar-refractivity contribution is 7.20. The summed E-state index contributed by atoms with van der Waals surface area (Å²) in [5.41, 5.74) is 0. The van der Waals surface area contributed by atoms with Crippen LogP contribution in [-0.4, -0.2) is 23.0 Å². The van der Waals surface area contributed by atoms with Gasteiger partial charge >= 0.3 is 5.97 Å². The number of carbonyl (C=O) groups excluding carboxylic acids is 1. The van der Waals surface area contributed by atoms with Crippen molar-refractivity contribution in [1.29, 1.82) is 0 Å². The van der Waals surface area contributed by atoms with Gasteiger partial charge in [-0.15, -0.1) is 11.3 Å². The summed E-state index contributed by atoms with van der Waals surface area (Å²) >= 11 is 1.15. The fraction of sp³-hybridized carbons (Fsp3) is 0.333. The number of carbonyl (C=O) groups is 2. The van der Waals surface area contributed by atoms with Crippen LogP contribution in [0.15, 0.2) is 24.3 Å². The number of rotatable bonds is 5. The molecule has 1 heterocycles. The number of carboxylic acids is 1. The topological polar surface area (TPSA) is 66.4 Å². The van der Waals surface area contributed by atoms with E-state index in [4.69, 9.17) is 5.11 Å². The van der Waals surface area contributed by atoms with Gasteiger partial charge in [0.15, 0.2) is 0 Å². The van der Waals surface area contributed by atoms with Gasteiger partial charge in [-0.05, 0) is 30.5 Å². The van der Waals surface area contributed by atoms with Crippen molar-refractivity contribution in [1.82, 2.24) is 5.32 Å². The van der Waals surface area contributed by atoms with Crippen LogP contribution in [0.2, 0.25) is 0 Å². The molecular weight excluding hydrogens is 293 g/mol. The Morgan fingerprint density at radius 3 is 2.67 bits per heavy atom. The maximum atomic E-state index is 13.6. The summed E-state index contributed by atoms with van der Waals surface area (Å²) in [5, 5.41) is 12.0. The van der Waals surface area contributed by atoms with Gasteiger partial charge in [0.2, 0.25) is 0 Å². The van der Waals surface area contributed by atoms with E-state index in [0.717, 1.165) is 11.3 Å². The molecule has 1 aromatic carbocycles. The zero-order valence-corrected chi connectivity index (χ0v) is 12.5. The summed E-state index contributed by atoms with van der Waals surface area (Å²) in [7, 11) is 0. The van der Waals surface area contributed by atoms with Crippen LogP contribution in [0.25, 0.3) is 10.1 Å². The molecule has 0 radical (unpaired) electrons. The number of hydrogen-bond acceptors (Lipinski definition) is 3. The van der Waals surface area contributed by atoms with Gasteiger partial charge in [0.05, 0.1) is 4.88 Å². The molecular formula is C15H16FNO3S. The molecule has 0 aliphatic carbocycles. The lowest BCUT2D eigenvalue weighted by atomic mass is 10.0. The highest BCUT2D eigenvalue weighted by Crippen LogP contribution is 2.27. The number of carboxylic acid groups (broad SMARTS) is 1. The van der Waals surface area contributed by atoms with E-state index in [1.165, 1.54) is 12.1 Å². The van der Waals surface area contributed by atoms with Gasteiger partial charge in [0.1, 0.15) is 11.9 Å². The van der Waals surface area contributed by atoms with Gasteiger partial charge in [-0.1, -0.05) is 19.9 Å². The number of thiophene rings is 1. The second kappa shape index (κ2) is 6.22. The third kappa shape index (κ3) is 3.58. The summed E-state index contributed by atoms with van der Waals surface area (Å²) in [6.07, 6.45) is 0.348. The first-order chi connectivity index (χ1) is 9.88. The molecule has 112 valence electrons. The lowest BCUT2D eigenvalue weighted by molar-refractivity contribution is -0.139. The minimum absolute atomic E-state index is 0.145. The third-order valence-electron chi connectivity index (χ3n) is 3.04. The number of hydrogen-bond donors (Lipinski definition) is 2. The Morgan fingerprint density at radius 2 is 2.10 bits per heavy atom. The minimum atomic E-state index is -1.07. The molecule has 1 aromatic heterocycles. The Morgan fingerprint density at radius 1 is 1.38 bits per heavy atom. The van der Waals surface area contributed by atoms with Crippen molar-refractivity contribution in [3.63, 3.8) is 0 Å². The van der Waals surface area contributed by atoms with Gasteiger partial charge in [0, 0.05) is 10.1 Å². The second-order valence-electron chi connectivity index (χ2n) is 5.26. The first-order valence-electron chi connectivity index (χ1n) is 6.60. The number of nitrogens with one attached hydrogen (secondary N) is 1. The quantitative estimate of drug-likeness (QED) is 0.891. The summed E-state index contributed by atoms with van der Waals surface area (Å²) in [5.74, 6) is -1.79. The number of aliphatic carboxylic acids is 1. The monoisotopic (exact) mass is 309 g/mol. The molecule has 6 heteroatoms. The Labute approximate surface area is 125 Å². The summed E-state index contributed by atoms with van der Waals surface area (Å²) in [6.45, 7) is 3.77. The van der Waals surface area contributed by atoms with Crippen molar-refractivity contribution < 1.29 is 19.1 Å². The van der Waals surface area contributed by atoms with E-state index in [1.54, 1.807) is 12.1 Å². The van der Waals surface area contributed by atoms with Gasteiger partial charge < -0.3 is 10.4 Å². The molecule has 0 aliphatic heterocycles. The fourth-order valence-electron chi connectivity index (χ4n) is 2.06. The first-order valence-corrected chi connectivity index (χ1v) is 7.42. The van der Waals surface area contributed by atoms with Crippen LogP contribution in [0.4, 0.5) is 4.39 Å². The van der Waals surface area contributed by atoms with Crippen molar-refractivity contribution in [3.05, 3.63) is 35.0 Å². The van der Waals surface area contributed by atoms with Crippen molar-refractivity contribution in [2.75, 3.05) is 0 Å². The van der Waals surface area contributed by atoms with E-state index < -0.39 is 17.9 Å². The number of fused-ring (bicyclic) bond motifs is 1. The van der Waals surface area contributed by atoms with Gasteiger partial charge in [0.25, 0.3) is 5.91 Å². The summed E-state index contributed by atoms with van der Waals surface area (Å²) in [6, 6.07) is 5.15. The second-order valence-corrected chi connectivity index (χ2v) is 6.34. The molecule has 0 fully saturated rings. The minimum Gasteiger partial charge on any atom is -0.480 e. The molecule has 0 aliphatic rings. The molecule has 0 unspecified atom stereocenters. The predicted molar refractivity (Wildman–Crippen MR) is 80.1 cm³/mol. The zero-order valence-electron chi connectivity index (χ0n) is 11.7. The smallest absolute Gasteiger partial charge is 0.326 e. The SMILES string of the molecule is CC(C)C[C@@H](NC(=O)c1cc2c(F)cccc2s1)C(=O)O. The predicted octanol–water partition coefficient (Wildman–Crippen LogP) is 3.27. The maximum absolute atomic E-state index is 13.6. The lowest BCUT2D eigenvalue weighted by Gasteiger charge is -2.15. The molecule has 4 nitrogen and oxygen atoms in total. The fourth-order valence-corrected chi connectivity index (χ4v) is 3.04. The molecule has 0 bridgehead atoms. The van der Waals surface area contributed by atoms with E-state index in [-0.39, 0.29) is 11.7 Å². The Kier molecular flexibility index (Phi) is 4.57. The number of benzene rings is 1. The molecule has 2 N–H and O–H groups in total. The molecule has 0 saturated carbocycles. The molecule has 1 amide bonds. The van der Waals surface area contributed by atoms with Crippen LogP contribution in [0.1, 0.15) is 29.9 Å². The standard InChI is InChI=1S/C15H16FNO3S/c1-8(2)6-11(15(19)20)17-14(18)13-7-9-10(16)4-3-5-12(9)21-13/h3-5,7-8,11H,6H2,1-2H3,(H,17,18)(H,19,20)/t11-/m1/s1. The molecule has 0 saturated heterocycles. The average molecular weight is 309 g/mol. The largest absolute Gasteiger partial charge is 0.480 e. The van der Waals surface area contributed by atoms with E-state index in [0.29, 0.717) is 21.4 Å². The van der Waals surface area contributed by atoms with Gasteiger partial charge in [-0.2, -0.15) is 0 Å². The van der Waals surface area contributed by atoms with Crippen molar-refractivity contribution in [2.45, 2.75) is 26.3 Å². The normalized spacial score (nSPS) is 12.6.